The van der Waals surface area contributed by atoms with Gasteiger partial charge in [0.25, 0.3) is 0 Å². The Balaban J connectivity index is 1.63. The zero-order valence-electron chi connectivity index (χ0n) is 16.3. The number of halogens is 1. The molecule has 29 heavy (non-hydrogen) atoms. The summed E-state index contributed by atoms with van der Waals surface area (Å²) in [6, 6.07) is 13.6. The third-order valence-corrected chi connectivity index (χ3v) is 6.24. The maximum absolute atomic E-state index is 12.3. The molecule has 2 saturated heterocycles. The molecular weight excluding hydrogens is 388 g/mol. The molecule has 2 atom stereocenters. The molecule has 150 valence electrons. The molecule has 2 aliphatic heterocycles. The second kappa shape index (κ2) is 7.99. The van der Waals surface area contributed by atoms with Crippen LogP contribution in [-0.4, -0.2) is 23.8 Å². The van der Waals surface area contributed by atoms with Gasteiger partial charge in [0.05, 0.1) is 10.9 Å². The number of anilines is 1. The number of hydrogen-bond acceptors (Lipinski definition) is 3. The lowest BCUT2D eigenvalue weighted by atomic mass is 9.88. The molecule has 0 aliphatic carbocycles. The Bertz CT molecular complexity index is 971. The monoisotopic (exact) mass is 410 g/mol. The van der Waals surface area contributed by atoms with Gasteiger partial charge in [-0.15, -0.1) is 0 Å². The molecule has 1 N–H and O–H groups in total. The van der Waals surface area contributed by atoms with Crippen molar-refractivity contribution in [3.05, 3.63) is 53.1 Å². The predicted molar refractivity (Wildman–Crippen MR) is 113 cm³/mol. The van der Waals surface area contributed by atoms with Crippen LogP contribution in [0.3, 0.4) is 0 Å². The zero-order chi connectivity index (χ0) is 20.5. The fourth-order valence-electron chi connectivity index (χ4n) is 4.28. The van der Waals surface area contributed by atoms with Gasteiger partial charge in [0.15, 0.2) is 0 Å². The molecule has 3 amide bonds. The third kappa shape index (κ3) is 3.79. The summed E-state index contributed by atoms with van der Waals surface area (Å²) in [5, 5.41) is 2.92. The summed E-state index contributed by atoms with van der Waals surface area (Å²) in [6.07, 6.45) is 3.31. The number of amides is 3. The number of nitrogens with one attached hydrogen (secondary N) is 1. The number of carbonyl (C=O) groups is 3. The Labute approximate surface area is 175 Å². The van der Waals surface area contributed by atoms with E-state index in [1.54, 1.807) is 0 Å². The summed E-state index contributed by atoms with van der Waals surface area (Å²) in [7, 11) is 0. The first-order valence-corrected chi connectivity index (χ1v) is 10.4. The average Bonchev–Trinajstić information content (AvgIpc) is 2.69. The Morgan fingerprint density at radius 3 is 2.45 bits per heavy atom. The van der Waals surface area contributed by atoms with E-state index < -0.39 is 5.92 Å². The van der Waals surface area contributed by atoms with Gasteiger partial charge in [0, 0.05) is 30.1 Å². The molecular formula is C23H23ClN2O3. The number of piperidine rings is 2. The molecule has 2 heterocycles. The summed E-state index contributed by atoms with van der Waals surface area (Å²) in [5.74, 6) is -0.801. The highest BCUT2D eigenvalue weighted by atomic mass is 35.5. The predicted octanol–water partition coefficient (Wildman–Crippen LogP) is 4.43. The fourth-order valence-corrected chi connectivity index (χ4v) is 4.64. The van der Waals surface area contributed by atoms with E-state index in [0.29, 0.717) is 24.3 Å². The summed E-state index contributed by atoms with van der Waals surface area (Å²) in [5.41, 5.74) is 3.38. The van der Waals surface area contributed by atoms with Gasteiger partial charge in [-0.3, -0.25) is 19.7 Å². The van der Waals surface area contributed by atoms with Crippen LogP contribution >= 0.6 is 11.6 Å². The topological polar surface area (TPSA) is 66.5 Å². The number of carbonyl (C=O) groups excluding carboxylic acids is 3. The first-order valence-electron chi connectivity index (χ1n) is 10.0. The van der Waals surface area contributed by atoms with E-state index in [1.165, 1.54) is 0 Å². The highest BCUT2D eigenvalue weighted by molar-refractivity contribution is 6.34. The van der Waals surface area contributed by atoms with Crippen LogP contribution in [-0.2, 0) is 14.4 Å². The van der Waals surface area contributed by atoms with Crippen LogP contribution in [0.4, 0.5) is 5.69 Å². The van der Waals surface area contributed by atoms with Crippen LogP contribution in [0.5, 0.6) is 0 Å². The molecule has 0 radical (unpaired) electrons. The second-order valence-electron chi connectivity index (χ2n) is 7.76. The van der Waals surface area contributed by atoms with Gasteiger partial charge in [-0.25, -0.2) is 0 Å². The molecule has 4 rings (SSSR count). The van der Waals surface area contributed by atoms with Crippen LogP contribution < -0.4 is 10.2 Å². The minimum atomic E-state index is -0.425. The van der Waals surface area contributed by atoms with Gasteiger partial charge in [-0.05, 0) is 49.4 Å². The molecule has 6 heteroatoms. The highest BCUT2D eigenvalue weighted by Crippen LogP contribution is 2.38. The van der Waals surface area contributed by atoms with Gasteiger partial charge < -0.3 is 4.90 Å². The van der Waals surface area contributed by atoms with Crippen molar-refractivity contribution in [2.75, 3.05) is 4.90 Å². The normalized spacial score (nSPS) is 22.6. The maximum Gasteiger partial charge on any atom is 0.234 e. The standard InChI is InChI=1S/C23H23ClN2O3/c1-14-4-2-7-21(28)26(14)16-10-8-15(9-11-16)17-5-3-6-18(22(17)24)19-12-13-20(27)25-23(19)29/h3,5-6,8-11,14,19H,2,4,7,12-13H2,1H3,(H,25,27,29). The van der Waals surface area contributed by atoms with Crippen molar-refractivity contribution in [1.29, 1.82) is 0 Å². The summed E-state index contributed by atoms with van der Waals surface area (Å²) < 4.78 is 0. The van der Waals surface area contributed by atoms with Crippen molar-refractivity contribution in [2.24, 2.45) is 0 Å². The first-order chi connectivity index (χ1) is 14.0. The average molecular weight is 411 g/mol. The second-order valence-corrected chi connectivity index (χ2v) is 8.14. The molecule has 2 aromatic carbocycles. The van der Waals surface area contributed by atoms with Gasteiger partial charge in [0.1, 0.15) is 0 Å². The first kappa shape index (κ1) is 19.6. The van der Waals surface area contributed by atoms with Crippen molar-refractivity contribution in [2.45, 2.75) is 51.0 Å². The van der Waals surface area contributed by atoms with Gasteiger partial charge in [-0.2, -0.15) is 0 Å². The zero-order valence-corrected chi connectivity index (χ0v) is 17.0. The molecule has 0 spiro atoms. The largest absolute Gasteiger partial charge is 0.310 e. The van der Waals surface area contributed by atoms with Crippen LogP contribution in [0.2, 0.25) is 5.02 Å². The molecule has 2 aromatic rings. The number of imide groups is 1. The lowest BCUT2D eigenvalue weighted by molar-refractivity contribution is -0.134. The number of benzene rings is 2. The molecule has 0 aromatic heterocycles. The fraction of sp³-hybridized carbons (Fsp3) is 0.348. The van der Waals surface area contributed by atoms with Crippen LogP contribution in [0.15, 0.2) is 42.5 Å². The van der Waals surface area contributed by atoms with E-state index in [2.05, 4.69) is 12.2 Å². The van der Waals surface area contributed by atoms with E-state index in [-0.39, 0.29) is 23.8 Å². The highest BCUT2D eigenvalue weighted by Gasteiger charge is 2.30. The van der Waals surface area contributed by atoms with E-state index >= 15 is 0 Å². The molecule has 2 unspecified atom stereocenters. The number of rotatable bonds is 3. The van der Waals surface area contributed by atoms with Crippen LogP contribution in [0.25, 0.3) is 11.1 Å². The minimum absolute atomic E-state index is 0.161. The lowest BCUT2D eigenvalue weighted by Gasteiger charge is -2.33. The smallest absolute Gasteiger partial charge is 0.234 e. The third-order valence-electron chi connectivity index (χ3n) is 5.82. The Kier molecular flexibility index (Phi) is 5.41. The quantitative estimate of drug-likeness (QED) is 0.761. The molecule has 0 bridgehead atoms. The minimum Gasteiger partial charge on any atom is -0.310 e. The molecule has 5 nitrogen and oxygen atoms in total. The van der Waals surface area contributed by atoms with E-state index in [9.17, 15) is 14.4 Å². The summed E-state index contributed by atoms with van der Waals surface area (Å²) in [4.78, 5) is 37.9. The number of nitrogens with zero attached hydrogens (tertiary/aromatic N) is 1. The van der Waals surface area contributed by atoms with Crippen molar-refractivity contribution >= 4 is 35.0 Å². The van der Waals surface area contributed by atoms with E-state index in [0.717, 1.165) is 35.2 Å². The molecule has 2 aliphatic rings. The van der Waals surface area contributed by atoms with Crippen molar-refractivity contribution in [1.82, 2.24) is 5.32 Å². The van der Waals surface area contributed by atoms with Crippen molar-refractivity contribution in [3.8, 4) is 11.1 Å². The Morgan fingerprint density at radius 1 is 1.00 bits per heavy atom. The maximum atomic E-state index is 12.3. The van der Waals surface area contributed by atoms with Crippen LogP contribution in [0, 0.1) is 0 Å². The van der Waals surface area contributed by atoms with Gasteiger partial charge in [0.2, 0.25) is 17.7 Å². The van der Waals surface area contributed by atoms with Crippen molar-refractivity contribution in [3.63, 3.8) is 0 Å². The molecule has 2 fully saturated rings. The Hall–Kier alpha value is -2.66. The van der Waals surface area contributed by atoms with E-state index in [1.807, 2.05) is 47.4 Å². The molecule has 0 saturated carbocycles. The SMILES string of the molecule is CC1CCCC(=O)N1c1ccc(-c2cccc(C3CCC(=O)NC3=O)c2Cl)cc1. The summed E-state index contributed by atoms with van der Waals surface area (Å²) >= 11 is 6.68. The number of hydrogen-bond donors (Lipinski definition) is 1. The lowest BCUT2D eigenvalue weighted by Crippen LogP contribution is -2.41. The van der Waals surface area contributed by atoms with Crippen LogP contribution in [0.1, 0.15) is 50.5 Å². The Morgan fingerprint density at radius 2 is 1.76 bits per heavy atom. The van der Waals surface area contributed by atoms with E-state index in [4.69, 9.17) is 11.6 Å². The van der Waals surface area contributed by atoms with Gasteiger partial charge >= 0.3 is 0 Å². The van der Waals surface area contributed by atoms with Gasteiger partial charge in [-0.1, -0.05) is 41.9 Å². The summed E-state index contributed by atoms with van der Waals surface area (Å²) in [6.45, 7) is 2.07. The van der Waals surface area contributed by atoms with Crippen molar-refractivity contribution < 1.29 is 14.4 Å².